The van der Waals surface area contributed by atoms with E-state index in [4.69, 9.17) is 9.47 Å². The quantitative estimate of drug-likeness (QED) is 0.472. The van der Waals surface area contributed by atoms with Gasteiger partial charge in [-0.2, -0.15) is 0 Å². The number of methoxy groups -OCH3 is 2. The van der Waals surface area contributed by atoms with Crippen LogP contribution >= 0.6 is 0 Å². The number of benzene rings is 2. The number of carbonyl (C=O) groups is 3. The molecular weight excluding hydrogens is 484 g/mol. The highest BCUT2D eigenvalue weighted by atomic mass is 32.2. The summed E-state index contributed by atoms with van der Waals surface area (Å²) in [5, 5.41) is 2.79. The zero-order valence-corrected chi connectivity index (χ0v) is 20.8. The SMILES string of the molecule is COC(=O)c1ccc2c(c1)S(=O)(NC(=O)Nc1c(-c3ccnc(OC)c3)cccc1C(C)C)=NC2=O. The third-order valence-electron chi connectivity index (χ3n) is 5.59. The van der Waals surface area contributed by atoms with Crippen molar-refractivity contribution in [2.45, 2.75) is 24.7 Å². The number of amides is 3. The lowest BCUT2D eigenvalue weighted by Crippen LogP contribution is -2.34. The molecule has 2 N–H and O–H groups in total. The van der Waals surface area contributed by atoms with Crippen LogP contribution in [-0.2, 0) is 14.7 Å². The number of pyridine rings is 1. The second kappa shape index (κ2) is 9.78. The molecule has 1 aliphatic rings. The Kier molecular flexibility index (Phi) is 6.75. The molecule has 1 unspecified atom stereocenters. The molecule has 1 aliphatic heterocycles. The van der Waals surface area contributed by atoms with Crippen LogP contribution in [-0.4, -0.2) is 41.3 Å². The lowest BCUT2D eigenvalue weighted by atomic mass is 9.94. The van der Waals surface area contributed by atoms with Gasteiger partial charge in [-0.3, -0.25) is 4.79 Å². The summed E-state index contributed by atoms with van der Waals surface area (Å²) >= 11 is 0. The molecule has 186 valence electrons. The van der Waals surface area contributed by atoms with Gasteiger partial charge in [-0.15, -0.1) is 4.36 Å². The van der Waals surface area contributed by atoms with Gasteiger partial charge in [0.25, 0.3) is 5.91 Å². The number of hydrogen-bond donors (Lipinski definition) is 2. The van der Waals surface area contributed by atoms with Gasteiger partial charge in [0.2, 0.25) is 5.88 Å². The first-order valence-corrected chi connectivity index (χ1v) is 12.4. The molecule has 3 amide bonds. The van der Waals surface area contributed by atoms with Gasteiger partial charge >= 0.3 is 12.0 Å². The van der Waals surface area contributed by atoms with Crippen molar-refractivity contribution in [3.8, 4) is 17.0 Å². The van der Waals surface area contributed by atoms with E-state index in [0.717, 1.165) is 11.1 Å². The highest BCUT2D eigenvalue weighted by molar-refractivity contribution is 7.93. The number of nitrogens with zero attached hydrogens (tertiary/aromatic N) is 2. The minimum atomic E-state index is -3.69. The number of para-hydroxylation sites is 1. The zero-order chi connectivity index (χ0) is 26.0. The molecule has 0 spiro atoms. The molecule has 0 saturated carbocycles. The smallest absolute Gasteiger partial charge is 0.337 e. The Labute approximate surface area is 208 Å². The standard InChI is InChI=1S/C25H24N4O6S/c1-14(2)17-6-5-7-18(15-10-11-26-21(13-15)34-3)22(17)27-25(32)29-36(33)20-12-16(24(31)35-4)8-9-19(20)23(30)28-36/h5-14H,1-4H3,(H2,27,28,29,30,32,33). The minimum absolute atomic E-state index is 0.0404. The van der Waals surface area contributed by atoms with Crippen molar-refractivity contribution in [2.24, 2.45) is 4.36 Å². The Bertz CT molecular complexity index is 1510. The summed E-state index contributed by atoms with van der Waals surface area (Å²) in [4.78, 5) is 41.5. The molecule has 11 heteroatoms. The molecule has 2 heterocycles. The Morgan fingerprint density at radius 3 is 2.50 bits per heavy atom. The zero-order valence-electron chi connectivity index (χ0n) is 20.0. The molecule has 1 aromatic heterocycles. The average molecular weight is 509 g/mol. The van der Waals surface area contributed by atoms with Gasteiger partial charge in [0, 0.05) is 17.8 Å². The van der Waals surface area contributed by atoms with Crippen molar-refractivity contribution in [3.05, 3.63) is 71.4 Å². The van der Waals surface area contributed by atoms with E-state index in [1.807, 2.05) is 32.0 Å². The van der Waals surface area contributed by atoms with Crippen LogP contribution in [0.25, 0.3) is 11.1 Å². The van der Waals surface area contributed by atoms with Crippen LogP contribution < -0.4 is 14.8 Å². The first-order valence-electron chi connectivity index (χ1n) is 10.9. The predicted molar refractivity (Wildman–Crippen MR) is 133 cm³/mol. The van der Waals surface area contributed by atoms with E-state index in [1.54, 1.807) is 18.3 Å². The van der Waals surface area contributed by atoms with Crippen molar-refractivity contribution >= 4 is 33.5 Å². The first kappa shape index (κ1) is 24.9. The molecule has 0 fully saturated rings. The van der Waals surface area contributed by atoms with E-state index >= 15 is 0 Å². The van der Waals surface area contributed by atoms with E-state index in [-0.39, 0.29) is 21.9 Å². The molecule has 3 aromatic rings. The van der Waals surface area contributed by atoms with Crippen LogP contribution in [0, 0.1) is 0 Å². The average Bonchev–Trinajstić information content (AvgIpc) is 3.12. The van der Waals surface area contributed by atoms with Gasteiger partial charge in [-0.05, 0) is 41.3 Å². The number of esters is 1. The fourth-order valence-corrected chi connectivity index (χ4v) is 5.48. The maximum Gasteiger partial charge on any atom is 0.337 e. The molecule has 0 radical (unpaired) electrons. The number of aromatic nitrogens is 1. The number of ether oxygens (including phenoxy) is 2. The molecular formula is C25H24N4O6S. The summed E-state index contributed by atoms with van der Waals surface area (Å²) < 4.78 is 29.6. The molecule has 0 aliphatic carbocycles. The number of carbonyl (C=O) groups excluding carboxylic acids is 3. The largest absolute Gasteiger partial charge is 0.481 e. The van der Waals surface area contributed by atoms with Crippen LogP contribution in [0.5, 0.6) is 5.88 Å². The first-order chi connectivity index (χ1) is 17.2. The Morgan fingerprint density at radius 2 is 1.81 bits per heavy atom. The Hall–Kier alpha value is -4.25. The number of hydrogen-bond acceptors (Lipinski definition) is 7. The molecule has 0 saturated heterocycles. The fourth-order valence-electron chi connectivity index (χ4n) is 3.85. The van der Waals surface area contributed by atoms with Crippen LogP contribution in [0.1, 0.15) is 46.0 Å². The topological polar surface area (TPSA) is 136 Å². The minimum Gasteiger partial charge on any atom is -0.481 e. The van der Waals surface area contributed by atoms with Crippen molar-refractivity contribution < 1.29 is 28.1 Å². The second-order valence-corrected chi connectivity index (χ2v) is 10.1. The third-order valence-corrected chi connectivity index (χ3v) is 7.40. The highest BCUT2D eigenvalue weighted by Crippen LogP contribution is 2.36. The van der Waals surface area contributed by atoms with Gasteiger partial charge in [0.15, 0.2) is 9.92 Å². The molecule has 1 atom stereocenters. The van der Waals surface area contributed by atoms with E-state index in [1.165, 1.54) is 32.4 Å². The number of fused-ring (bicyclic) bond motifs is 1. The normalized spacial score (nSPS) is 16.2. The number of urea groups is 1. The van der Waals surface area contributed by atoms with E-state index in [0.29, 0.717) is 17.1 Å². The van der Waals surface area contributed by atoms with Crippen LogP contribution in [0.2, 0.25) is 0 Å². The lowest BCUT2D eigenvalue weighted by molar-refractivity contribution is 0.0600. The van der Waals surface area contributed by atoms with Crippen molar-refractivity contribution in [1.29, 1.82) is 0 Å². The van der Waals surface area contributed by atoms with Gasteiger partial charge in [-0.1, -0.05) is 32.0 Å². The molecule has 4 rings (SSSR count). The number of rotatable bonds is 6. The van der Waals surface area contributed by atoms with E-state index in [9.17, 15) is 18.6 Å². The van der Waals surface area contributed by atoms with Gasteiger partial charge in [-0.25, -0.2) is 23.5 Å². The maximum absolute atomic E-state index is 13.6. The van der Waals surface area contributed by atoms with Crippen molar-refractivity contribution in [3.63, 3.8) is 0 Å². The monoisotopic (exact) mass is 508 g/mol. The highest BCUT2D eigenvalue weighted by Gasteiger charge is 2.32. The number of nitrogens with one attached hydrogen (secondary N) is 2. The third kappa shape index (κ3) is 4.65. The van der Waals surface area contributed by atoms with Gasteiger partial charge in [0.1, 0.15) is 0 Å². The predicted octanol–water partition coefficient (Wildman–Crippen LogP) is 4.38. The van der Waals surface area contributed by atoms with Crippen molar-refractivity contribution in [2.75, 3.05) is 19.5 Å². The summed E-state index contributed by atoms with van der Waals surface area (Å²) in [6.07, 6.45) is 1.59. The van der Waals surface area contributed by atoms with Crippen LogP contribution in [0.15, 0.2) is 64.0 Å². The molecule has 2 aromatic carbocycles. The molecule has 36 heavy (non-hydrogen) atoms. The Morgan fingerprint density at radius 1 is 1.03 bits per heavy atom. The molecule has 10 nitrogen and oxygen atoms in total. The summed E-state index contributed by atoms with van der Waals surface area (Å²) in [6.45, 7) is 3.95. The van der Waals surface area contributed by atoms with Gasteiger partial charge < -0.3 is 14.8 Å². The van der Waals surface area contributed by atoms with Gasteiger partial charge in [0.05, 0.1) is 35.9 Å². The van der Waals surface area contributed by atoms with Crippen molar-refractivity contribution in [1.82, 2.24) is 9.71 Å². The summed E-state index contributed by atoms with van der Waals surface area (Å²) in [7, 11) is -0.977. The van der Waals surface area contributed by atoms with Crippen LogP contribution in [0.4, 0.5) is 10.5 Å². The fraction of sp³-hybridized carbons (Fsp3) is 0.200. The van der Waals surface area contributed by atoms with Crippen LogP contribution in [0.3, 0.4) is 0 Å². The maximum atomic E-state index is 13.6. The Balaban J connectivity index is 1.71. The summed E-state index contributed by atoms with van der Waals surface area (Å²) in [5.74, 6) is -0.980. The number of anilines is 1. The second-order valence-electron chi connectivity index (χ2n) is 8.19. The summed E-state index contributed by atoms with van der Waals surface area (Å²) in [6, 6.07) is 12.2. The van der Waals surface area contributed by atoms with E-state index < -0.39 is 27.8 Å². The molecule has 0 bridgehead atoms. The lowest BCUT2D eigenvalue weighted by Gasteiger charge is -2.19. The summed E-state index contributed by atoms with van der Waals surface area (Å²) in [5.41, 5.74) is 2.89. The van der Waals surface area contributed by atoms with E-state index in [2.05, 4.69) is 19.4 Å².